The fourth-order valence-corrected chi connectivity index (χ4v) is 1.32. The van der Waals surface area contributed by atoms with Gasteiger partial charge in [0, 0.05) is 10.0 Å². The van der Waals surface area contributed by atoms with Crippen LogP contribution in [0, 0.1) is 11.3 Å². The van der Waals surface area contributed by atoms with Crippen LogP contribution >= 0.6 is 15.9 Å². The van der Waals surface area contributed by atoms with Gasteiger partial charge in [-0.15, -0.1) is 0 Å². The lowest BCUT2D eigenvalue weighted by molar-refractivity contribution is 0.280. The second-order valence-corrected chi connectivity index (χ2v) is 2.89. The monoisotopic (exact) mass is 211 g/mol. The number of rotatable bonds is 1. The van der Waals surface area contributed by atoms with Crippen molar-refractivity contribution in [2.75, 3.05) is 0 Å². The minimum atomic E-state index is -0.107. The van der Waals surface area contributed by atoms with E-state index in [2.05, 4.69) is 15.9 Å². The first-order valence-electron chi connectivity index (χ1n) is 3.08. The summed E-state index contributed by atoms with van der Waals surface area (Å²) in [5.74, 6) is 0. The van der Waals surface area contributed by atoms with Crippen molar-refractivity contribution in [3.8, 4) is 6.07 Å². The lowest BCUT2D eigenvalue weighted by atomic mass is 10.1. The third-order valence-corrected chi connectivity index (χ3v) is 2.14. The molecular weight excluding hydrogens is 206 g/mol. The molecule has 0 aliphatic rings. The zero-order valence-electron chi connectivity index (χ0n) is 5.71. The van der Waals surface area contributed by atoms with Gasteiger partial charge in [0.05, 0.1) is 18.2 Å². The highest BCUT2D eigenvalue weighted by Gasteiger charge is 2.02. The fourth-order valence-electron chi connectivity index (χ4n) is 0.824. The van der Waals surface area contributed by atoms with Crippen LogP contribution in [0.15, 0.2) is 22.7 Å². The summed E-state index contributed by atoms with van der Waals surface area (Å²) >= 11 is 3.24. The minimum absolute atomic E-state index is 0.107. The van der Waals surface area contributed by atoms with Gasteiger partial charge in [-0.1, -0.05) is 22.0 Å². The summed E-state index contributed by atoms with van der Waals surface area (Å²) in [5, 5.41) is 17.4. The summed E-state index contributed by atoms with van der Waals surface area (Å²) in [7, 11) is 0. The summed E-state index contributed by atoms with van der Waals surface area (Å²) in [6, 6.07) is 7.24. The van der Waals surface area contributed by atoms with Crippen molar-refractivity contribution in [3.05, 3.63) is 33.8 Å². The summed E-state index contributed by atoms with van der Waals surface area (Å²) in [6.45, 7) is -0.107. The van der Waals surface area contributed by atoms with Gasteiger partial charge in [-0.2, -0.15) is 5.26 Å². The average molecular weight is 212 g/mol. The normalized spacial score (nSPS) is 9.18. The molecule has 0 spiro atoms. The van der Waals surface area contributed by atoms with E-state index in [0.29, 0.717) is 11.1 Å². The second kappa shape index (κ2) is 3.51. The Morgan fingerprint density at radius 1 is 1.55 bits per heavy atom. The van der Waals surface area contributed by atoms with Gasteiger partial charge in [0.2, 0.25) is 0 Å². The van der Waals surface area contributed by atoms with Gasteiger partial charge in [-0.05, 0) is 12.1 Å². The molecule has 0 atom stereocenters. The van der Waals surface area contributed by atoms with Crippen LogP contribution in [0.4, 0.5) is 0 Å². The number of nitrogens with zero attached hydrogens (tertiary/aromatic N) is 1. The first-order valence-corrected chi connectivity index (χ1v) is 3.87. The smallest absolute Gasteiger partial charge is 0.0995 e. The zero-order chi connectivity index (χ0) is 8.27. The number of benzene rings is 1. The Labute approximate surface area is 73.2 Å². The molecule has 1 rings (SSSR count). The molecule has 1 aromatic carbocycles. The van der Waals surface area contributed by atoms with E-state index in [9.17, 15) is 0 Å². The predicted octanol–water partition coefficient (Wildman–Crippen LogP) is 1.81. The number of aliphatic hydroxyl groups excluding tert-OH is 1. The van der Waals surface area contributed by atoms with Crippen LogP contribution in [-0.4, -0.2) is 5.11 Å². The van der Waals surface area contributed by atoms with E-state index in [0.717, 1.165) is 4.47 Å². The molecule has 0 heterocycles. The highest BCUT2D eigenvalue weighted by atomic mass is 79.9. The van der Waals surface area contributed by atoms with E-state index in [1.165, 1.54) is 0 Å². The van der Waals surface area contributed by atoms with E-state index in [1.807, 2.05) is 6.07 Å². The van der Waals surface area contributed by atoms with Crippen LogP contribution in [0.5, 0.6) is 0 Å². The minimum Gasteiger partial charge on any atom is -0.392 e. The lowest BCUT2D eigenvalue weighted by Gasteiger charge is -2.00. The summed E-state index contributed by atoms with van der Waals surface area (Å²) in [6.07, 6.45) is 0. The average Bonchev–Trinajstić information content (AvgIpc) is 2.04. The van der Waals surface area contributed by atoms with Crippen LogP contribution in [0.3, 0.4) is 0 Å². The number of hydrogen-bond acceptors (Lipinski definition) is 2. The summed E-state index contributed by atoms with van der Waals surface area (Å²) in [5.41, 5.74) is 1.16. The standard InChI is InChI=1S/C8H6BrNO/c9-8-3-1-2-6(4-10)7(8)5-11/h1-3,11H,5H2. The van der Waals surface area contributed by atoms with E-state index >= 15 is 0 Å². The van der Waals surface area contributed by atoms with E-state index in [1.54, 1.807) is 18.2 Å². The van der Waals surface area contributed by atoms with Gasteiger partial charge in [-0.3, -0.25) is 0 Å². The Hall–Kier alpha value is -0.850. The van der Waals surface area contributed by atoms with Gasteiger partial charge in [0.15, 0.2) is 0 Å². The molecule has 0 aromatic heterocycles. The van der Waals surface area contributed by atoms with Crippen molar-refractivity contribution in [2.45, 2.75) is 6.61 Å². The molecule has 11 heavy (non-hydrogen) atoms. The number of halogens is 1. The highest BCUT2D eigenvalue weighted by Crippen LogP contribution is 2.19. The maximum Gasteiger partial charge on any atom is 0.0995 e. The SMILES string of the molecule is N#Cc1cccc(Br)c1CO. The molecule has 0 aliphatic heterocycles. The maximum absolute atomic E-state index is 8.85. The van der Waals surface area contributed by atoms with Crippen LogP contribution < -0.4 is 0 Å². The van der Waals surface area contributed by atoms with Crippen molar-refractivity contribution in [2.24, 2.45) is 0 Å². The largest absolute Gasteiger partial charge is 0.392 e. The molecule has 0 unspecified atom stereocenters. The van der Waals surface area contributed by atoms with Gasteiger partial charge >= 0.3 is 0 Å². The first-order chi connectivity index (χ1) is 5.29. The molecule has 0 amide bonds. The molecule has 3 heteroatoms. The maximum atomic E-state index is 8.85. The lowest BCUT2D eigenvalue weighted by Crippen LogP contribution is -1.89. The number of hydrogen-bond donors (Lipinski definition) is 1. The van der Waals surface area contributed by atoms with Gasteiger partial charge < -0.3 is 5.11 Å². The van der Waals surface area contributed by atoms with E-state index in [4.69, 9.17) is 10.4 Å². The fraction of sp³-hybridized carbons (Fsp3) is 0.125. The molecule has 0 saturated heterocycles. The third kappa shape index (κ3) is 1.59. The Morgan fingerprint density at radius 2 is 2.27 bits per heavy atom. The van der Waals surface area contributed by atoms with Crippen molar-refractivity contribution in [1.82, 2.24) is 0 Å². The number of nitriles is 1. The van der Waals surface area contributed by atoms with Gasteiger partial charge in [-0.25, -0.2) is 0 Å². The molecule has 2 nitrogen and oxygen atoms in total. The van der Waals surface area contributed by atoms with Crippen molar-refractivity contribution < 1.29 is 5.11 Å². The van der Waals surface area contributed by atoms with Crippen molar-refractivity contribution in [3.63, 3.8) is 0 Å². The molecule has 1 N–H and O–H groups in total. The third-order valence-electron chi connectivity index (χ3n) is 1.40. The van der Waals surface area contributed by atoms with Gasteiger partial charge in [0.25, 0.3) is 0 Å². The van der Waals surface area contributed by atoms with Crippen molar-refractivity contribution >= 4 is 15.9 Å². The van der Waals surface area contributed by atoms with Crippen LogP contribution in [0.1, 0.15) is 11.1 Å². The summed E-state index contributed by atoms with van der Waals surface area (Å²) < 4.78 is 0.777. The molecule has 0 saturated carbocycles. The second-order valence-electron chi connectivity index (χ2n) is 2.04. The number of aliphatic hydroxyl groups is 1. The highest BCUT2D eigenvalue weighted by molar-refractivity contribution is 9.10. The van der Waals surface area contributed by atoms with E-state index < -0.39 is 0 Å². The molecule has 0 radical (unpaired) electrons. The Balaban J connectivity index is 3.27. The molecule has 0 fully saturated rings. The molecular formula is C8H6BrNO. The quantitative estimate of drug-likeness (QED) is 0.771. The molecule has 0 bridgehead atoms. The molecule has 1 aromatic rings. The summed E-state index contributed by atoms with van der Waals surface area (Å²) in [4.78, 5) is 0. The predicted molar refractivity (Wildman–Crippen MR) is 44.8 cm³/mol. The van der Waals surface area contributed by atoms with E-state index in [-0.39, 0.29) is 6.61 Å². The van der Waals surface area contributed by atoms with Crippen LogP contribution in [0.25, 0.3) is 0 Å². The topological polar surface area (TPSA) is 44.0 Å². The molecule has 0 aliphatic carbocycles. The Bertz CT molecular complexity index is 303. The zero-order valence-corrected chi connectivity index (χ0v) is 7.30. The van der Waals surface area contributed by atoms with Gasteiger partial charge in [0.1, 0.15) is 0 Å². The first kappa shape index (κ1) is 8.25. The Kier molecular flexibility index (Phi) is 2.64. The van der Waals surface area contributed by atoms with Crippen LogP contribution in [-0.2, 0) is 6.61 Å². The molecule has 56 valence electrons. The van der Waals surface area contributed by atoms with Crippen molar-refractivity contribution in [1.29, 1.82) is 5.26 Å². The Morgan fingerprint density at radius 3 is 2.73 bits per heavy atom. The van der Waals surface area contributed by atoms with Crippen LogP contribution in [0.2, 0.25) is 0 Å².